The van der Waals surface area contributed by atoms with Gasteiger partial charge in [0.25, 0.3) is 0 Å². The van der Waals surface area contributed by atoms with Gasteiger partial charge in [-0.3, -0.25) is 0 Å². The molecule has 0 spiro atoms. The van der Waals surface area contributed by atoms with E-state index in [2.05, 4.69) is 0 Å². The van der Waals surface area contributed by atoms with Gasteiger partial charge in [-0.25, -0.2) is 4.79 Å². The molecule has 1 heterocycles. The molecule has 0 amide bonds. The zero-order valence-electron chi connectivity index (χ0n) is 10.9. The maximum Gasteiger partial charge on any atom is 0.430 e. The number of carboxylic acids is 1. The molecule has 0 aliphatic carbocycles. The van der Waals surface area contributed by atoms with Crippen LogP contribution in [0.1, 0.15) is 17.5 Å². The highest BCUT2D eigenvalue weighted by molar-refractivity contribution is 5.95. The van der Waals surface area contributed by atoms with Crippen molar-refractivity contribution in [2.24, 2.45) is 0 Å². The topological polar surface area (TPSA) is 66.8 Å². The fourth-order valence-electron chi connectivity index (χ4n) is 2.09. The molecule has 1 atom stereocenters. The molecule has 1 aromatic carbocycles. The number of hydrogen-bond acceptors (Lipinski definition) is 3. The summed E-state index contributed by atoms with van der Waals surface area (Å²) < 4.78 is 43.5. The SMILES string of the molecule is O=C(O)C1=Cc2ccc(CCCO)cc2OC1C(F)(F)F. The van der Waals surface area contributed by atoms with Crippen LogP contribution in [0, 0.1) is 0 Å². The first-order chi connectivity index (χ1) is 9.82. The number of fused-ring (bicyclic) bond motifs is 1. The number of aliphatic carboxylic acids is 1. The van der Waals surface area contributed by atoms with Crippen molar-refractivity contribution in [1.82, 2.24) is 0 Å². The van der Waals surface area contributed by atoms with Crippen molar-refractivity contribution in [2.45, 2.75) is 25.1 Å². The molecule has 1 unspecified atom stereocenters. The second kappa shape index (κ2) is 5.77. The van der Waals surface area contributed by atoms with E-state index in [9.17, 15) is 18.0 Å². The predicted octanol–water partition coefficient (Wildman–Crippen LogP) is 2.40. The lowest BCUT2D eigenvalue weighted by molar-refractivity contribution is -0.187. The van der Waals surface area contributed by atoms with Crippen molar-refractivity contribution in [2.75, 3.05) is 6.61 Å². The van der Waals surface area contributed by atoms with Crippen LogP contribution in [0.2, 0.25) is 0 Å². The molecule has 0 aromatic heterocycles. The standard InChI is InChI=1S/C14H13F3O4/c15-14(16,17)12-10(13(19)20)7-9-4-3-8(2-1-5-18)6-11(9)21-12/h3-4,6-7,12,18H,1-2,5H2,(H,19,20). The lowest BCUT2D eigenvalue weighted by atomic mass is 9.99. The largest absolute Gasteiger partial charge is 0.478 e. The number of rotatable bonds is 4. The minimum absolute atomic E-state index is 0.00207. The Kier molecular flexibility index (Phi) is 4.22. The molecule has 21 heavy (non-hydrogen) atoms. The van der Waals surface area contributed by atoms with Gasteiger partial charge in [0, 0.05) is 12.2 Å². The Hall–Kier alpha value is -2.02. The highest BCUT2D eigenvalue weighted by Crippen LogP contribution is 2.37. The molecule has 1 aliphatic rings. The van der Waals surface area contributed by atoms with Gasteiger partial charge in [-0.15, -0.1) is 0 Å². The van der Waals surface area contributed by atoms with Crippen molar-refractivity contribution in [3.05, 3.63) is 34.9 Å². The Balaban J connectivity index is 2.38. The molecule has 7 heteroatoms. The number of benzene rings is 1. The average molecular weight is 302 g/mol. The van der Waals surface area contributed by atoms with Gasteiger partial charge in [0.2, 0.25) is 6.10 Å². The molecule has 0 radical (unpaired) electrons. The molecule has 1 aliphatic heterocycles. The number of carboxylic acid groups (broad SMARTS) is 1. The van der Waals surface area contributed by atoms with Gasteiger partial charge in [-0.2, -0.15) is 13.2 Å². The van der Waals surface area contributed by atoms with Gasteiger partial charge >= 0.3 is 12.1 Å². The highest BCUT2D eigenvalue weighted by atomic mass is 19.4. The molecular weight excluding hydrogens is 289 g/mol. The van der Waals surface area contributed by atoms with Crippen molar-refractivity contribution < 1.29 is 32.9 Å². The van der Waals surface area contributed by atoms with E-state index in [1.807, 2.05) is 0 Å². The van der Waals surface area contributed by atoms with Crippen LogP contribution in [-0.4, -0.2) is 35.1 Å². The highest BCUT2D eigenvalue weighted by Gasteiger charge is 2.48. The number of ether oxygens (including phenoxy) is 1. The van der Waals surface area contributed by atoms with Gasteiger partial charge in [-0.1, -0.05) is 12.1 Å². The molecule has 0 saturated heterocycles. The molecule has 4 nitrogen and oxygen atoms in total. The van der Waals surface area contributed by atoms with E-state index < -0.39 is 23.8 Å². The number of halogens is 3. The van der Waals surface area contributed by atoms with Gasteiger partial charge < -0.3 is 14.9 Å². The first-order valence-corrected chi connectivity index (χ1v) is 6.25. The van der Waals surface area contributed by atoms with Gasteiger partial charge in [0.1, 0.15) is 5.75 Å². The molecular formula is C14H13F3O4. The zero-order valence-corrected chi connectivity index (χ0v) is 10.9. The van der Waals surface area contributed by atoms with E-state index in [1.165, 1.54) is 12.1 Å². The summed E-state index contributed by atoms with van der Waals surface area (Å²) in [5.41, 5.74) is 0.176. The monoisotopic (exact) mass is 302 g/mol. The maximum atomic E-state index is 12.9. The number of hydrogen-bond donors (Lipinski definition) is 2. The summed E-state index contributed by atoms with van der Waals surface area (Å²) in [6.07, 6.45) is -5.31. The van der Waals surface area contributed by atoms with Crippen LogP contribution in [0.3, 0.4) is 0 Å². The van der Waals surface area contributed by atoms with Crippen LogP contribution < -0.4 is 4.74 Å². The summed E-state index contributed by atoms with van der Waals surface area (Å²) in [7, 11) is 0. The maximum absolute atomic E-state index is 12.9. The third-order valence-corrected chi connectivity index (χ3v) is 3.08. The Morgan fingerprint density at radius 3 is 2.62 bits per heavy atom. The average Bonchev–Trinajstić information content (AvgIpc) is 2.42. The van der Waals surface area contributed by atoms with Crippen LogP contribution in [-0.2, 0) is 11.2 Å². The Morgan fingerprint density at radius 1 is 1.33 bits per heavy atom. The molecule has 2 N–H and O–H groups in total. The summed E-state index contributed by atoms with van der Waals surface area (Å²) in [6, 6.07) is 4.62. The van der Waals surface area contributed by atoms with Gasteiger partial charge in [0.15, 0.2) is 0 Å². The van der Waals surface area contributed by atoms with E-state index in [0.29, 0.717) is 18.4 Å². The first-order valence-electron chi connectivity index (χ1n) is 6.25. The second-order valence-electron chi connectivity index (χ2n) is 4.64. The summed E-state index contributed by atoms with van der Waals surface area (Å²) >= 11 is 0. The molecule has 0 saturated carbocycles. The van der Waals surface area contributed by atoms with Gasteiger partial charge in [-0.05, 0) is 30.5 Å². The van der Waals surface area contributed by atoms with Crippen molar-refractivity contribution in [3.8, 4) is 5.75 Å². The third-order valence-electron chi connectivity index (χ3n) is 3.08. The molecule has 114 valence electrons. The molecule has 1 aromatic rings. The van der Waals surface area contributed by atoms with E-state index in [-0.39, 0.29) is 12.4 Å². The van der Waals surface area contributed by atoms with Crippen LogP contribution in [0.25, 0.3) is 6.08 Å². The summed E-state index contributed by atoms with van der Waals surface area (Å²) in [4.78, 5) is 11.0. The smallest absolute Gasteiger partial charge is 0.430 e. The number of aryl methyl sites for hydroxylation is 1. The van der Waals surface area contributed by atoms with Crippen LogP contribution in [0.4, 0.5) is 13.2 Å². The quantitative estimate of drug-likeness (QED) is 0.896. The van der Waals surface area contributed by atoms with Gasteiger partial charge in [0.05, 0.1) is 5.57 Å². The van der Waals surface area contributed by atoms with E-state index in [1.54, 1.807) is 6.07 Å². The number of carbonyl (C=O) groups is 1. The number of aliphatic hydroxyl groups is 1. The lowest BCUT2D eigenvalue weighted by Gasteiger charge is -2.27. The third kappa shape index (κ3) is 3.36. The normalized spacial score (nSPS) is 17.7. The van der Waals surface area contributed by atoms with Crippen LogP contribution >= 0.6 is 0 Å². The minimum Gasteiger partial charge on any atom is -0.478 e. The lowest BCUT2D eigenvalue weighted by Crippen LogP contribution is -2.40. The van der Waals surface area contributed by atoms with E-state index in [4.69, 9.17) is 14.9 Å². The summed E-state index contributed by atoms with van der Waals surface area (Å²) in [5, 5.41) is 17.6. The fraction of sp³-hybridized carbons (Fsp3) is 0.357. The Labute approximate surface area is 118 Å². The molecule has 2 rings (SSSR count). The second-order valence-corrected chi connectivity index (χ2v) is 4.64. The Morgan fingerprint density at radius 2 is 2.05 bits per heavy atom. The first kappa shape index (κ1) is 15.4. The van der Waals surface area contributed by atoms with E-state index >= 15 is 0 Å². The van der Waals surface area contributed by atoms with E-state index in [0.717, 1.165) is 11.6 Å². The molecule has 0 bridgehead atoms. The molecule has 0 fully saturated rings. The number of alkyl halides is 3. The predicted molar refractivity (Wildman–Crippen MR) is 67.9 cm³/mol. The van der Waals surface area contributed by atoms with Crippen molar-refractivity contribution >= 4 is 12.0 Å². The number of aliphatic hydroxyl groups excluding tert-OH is 1. The summed E-state index contributed by atoms with van der Waals surface area (Å²) in [6.45, 7) is -0.0216. The van der Waals surface area contributed by atoms with Crippen LogP contribution in [0.5, 0.6) is 5.75 Å². The fourth-order valence-corrected chi connectivity index (χ4v) is 2.09. The zero-order chi connectivity index (χ0) is 15.6. The van der Waals surface area contributed by atoms with Crippen molar-refractivity contribution in [1.29, 1.82) is 0 Å². The summed E-state index contributed by atoms with van der Waals surface area (Å²) in [5.74, 6) is -1.66. The van der Waals surface area contributed by atoms with Crippen LogP contribution in [0.15, 0.2) is 23.8 Å². The van der Waals surface area contributed by atoms with Crippen molar-refractivity contribution in [3.63, 3.8) is 0 Å². The Bertz CT molecular complexity index is 578. The minimum atomic E-state index is -4.80.